The van der Waals surface area contributed by atoms with E-state index in [2.05, 4.69) is 0 Å². The van der Waals surface area contributed by atoms with E-state index in [1.165, 1.54) is 32.1 Å². The molecule has 0 radical (unpaired) electrons. The normalized spacial score (nSPS) is 22.1. The van der Waals surface area contributed by atoms with Crippen molar-refractivity contribution in [2.24, 2.45) is 0 Å². The Hall–Kier alpha value is -0.180. The average Bonchev–Trinajstić information content (AvgIpc) is 2.06. The molecule has 0 heterocycles. The molecule has 3 heteroatoms. The predicted octanol–water partition coefficient (Wildman–Crippen LogP) is 2.53. The van der Waals surface area contributed by atoms with Gasteiger partial charge in [-0.1, -0.05) is 19.3 Å². The zero-order valence-electron chi connectivity index (χ0n) is 7.45. The van der Waals surface area contributed by atoms with Gasteiger partial charge in [0.1, 0.15) is 0 Å². The number of aliphatic carboxylic acids is 1. The third-order valence-corrected chi connectivity index (χ3v) is 3.76. The van der Waals surface area contributed by atoms with Crippen molar-refractivity contribution in [1.82, 2.24) is 0 Å². The second-order valence-electron chi connectivity index (χ2n) is 3.38. The number of hydrogen-bond acceptors (Lipinski definition) is 2. The van der Waals surface area contributed by atoms with Crippen molar-refractivity contribution < 1.29 is 9.90 Å². The molecule has 1 unspecified atom stereocenters. The zero-order chi connectivity index (χ0) is 8.97. The first-order valence-electron chi connectivity index (χ1n) is 4.58. The smallest absolute Gasteiger partial charge is 0.316 e. The third-order valence-electron chi connectivity index (χ3n) is 2.30. The fraction of sp³-hybridized carbons (Fsp3) is 0.889. The first-order chi connectivity index (χ1) is 5.70. The fourth-order valence-corrected chi connectivity index (χ4v) is 2.85. The molecule has 1 rings (SSSR count). The van der Waals surface area contributed by atoms with Crippen molar-refractivity contribution in [1.29, 1.82) is 0 Å². The van der Waals surface area contributed by atoms with Crippen LogP contribution >= 0.6 is 11.8 Å². The van der Waals surface area contributed by atoms with E-state index in [4.69, 9.17) is 5.11 Å². The lowest BCUT2D eigenvalue weighted by atomic mass is 10.0. The summed E-state index contributed by atoms with van der Waals surface area (Å²) in [5.74, 6) is -0.675. The third kappa shape index (κ3) is 3.05. The summed E-state index contributed by atoms with van der Waals surface area (Å²) in [4.78, 5) is 10.6. The van der Waals surface area contributed by atoms with Gasteiger partial charge in [0.05, 0.1) is 5.25 Å². The van der Waals surface area contributed by atoms with Crippen LogP contribution in [0.2, 0.25) is 0 Å². The summed E-state index contributed by atoms with van der Waals surface area (Å²) < 4.78 is 0. The molecular formula is C9H16O2S. The van der Waals surface area contributed by atoms with E-state index < -0.39 is 5.97 Å². The molecule has 1 N–H and O–H groups in total. The maximum Gasteiger partial charge on any atom is 0.316 e. The molecule has 0 aromatic heterocycles. The fourth-order valence-electron chi connectivity index (χ4n) is 1.55. The Kier molecular flexibility index (Phi) is 3.92. The van der Waals surface area contributed by atoms with Gasteiger partial charge in [-0.05, 0) is 19.8 Å². The van der Waals surface area contributed by atoms with Crippen LogP contribution in [0.1, 0.15) is 39.0 Å². The van der Waals surface area contributed by atoms with Crippen LogP contribution in [0, 0.1) is 0 Å². The molecule has 1 saturated carbocycles. The number of carboxylic acid groups (broad SMARTS) is 1. The molecule has 0 bridgehead atoms. The van der Waals surface area contributed by atoms with Gasteiger partial charge in [0.15, 0.2) is 0 Å². The molecular weight excluding hydrogens is 172 g/mol. The Labute approximate surface area is 77.7 Å². The maximum absolute atomic E-state index is 10.6. The van der Waals surface area contributed by atoms with E-state index in [1.807, 2.05) is 0 Å². The lowest BCUT2D eigenvalue weighted by Crippen LogP contribution is -2.18. The van der Waals surface area contributed by atoms with Gasteiger partial charge in [-0.3, -0.25) is 4.79 Å². The minimum atomic E-state index is -0.675. The predicted molar refractivity (Wildman–Crippen MR) is 51.6 cm³/mol. The van der Waals surface area contributed by atoms with Crippen molar-refractivity contribution in [3.8, 4) is 0 Å². The van der Waals surface area contributed by atoms with Gasteiger partial charge in [-0.15, -0.1) is 11.8 Å². The lowest BCUT2D eigenvalue weighted by molar-refractivity contribution is -0.136. The van der Waals surface area contributed by atoms with Gasteiger partial charge >= 0.3 is 5.97 Å². The van der Waals surface area contributed by atoms with Gasteiger partial charge in [-0.2, -0.15) is 0 Å². The minimum Gasteiger partial charge on any atom is -0.480 e. The van der Waals surface area contributed by atoms with Crippen LogP contribution in [0.25, 0.3) is 0 Å². The molecule has 2 nitrogen and oxygen atoms in total. The highest BCUT2D eigenvalue weighted by Gasteiger charge is 2.20. The van der Waals surface area contributed by atoms with Gasteiger partial charge in [0.25, 0.3) is 0 Å². The first-order valence-corrected chi connectivity index (χ1v) is 5.52. The van der Waals surface area contributed by atoms with Gasteiger partial charge < -0.3 is 5.11 Å². The molecule has 0 aromatic rings. The molecule has 0 aromatic carbocycles. The highest BCUT2D eigenvalue weighted by atomic mass is 32.2. The molecule has 0 saturated heterocycles. The summed E-state index contributed by atoms with van der Waals surface area (Å²) in [6.07, 6.45) is 6.32. The highest BCUT2D eigenvalue weighted by molar-refractivity contribution is 8.01. The summed E-state index contributed by atoms with van der Waals surface area (Å²) in [7, 11) is 0. The number of thioether (sulfide) groups is 1. The van der Waals surface area contributed by atoms with E-state index in [1.54, 1.807) is 18.7 Å². The summed E-state index contributed by atoms with van der Waals surface area (Å²) in [5, 5.41) is 9.06. The molecule has 0 amide bonds. The van der Waals surface area contributed by atoms with Crippen molar-refractivity contribution in [3.63, 3.8) is 0 Å². The van der Waals surface area contributed by atoms with Gasteiger partial charge in [0.2, 0.25) is 0 Å². The van der Waals surface area contributed by atoms with E-state index in [9.17, 15) is 4.79 Å². The molecule has 0 aliphatic heterocycles. The van der Waals surface area contributed by atoms with Crippen LogP contribution in [0.15, 0.2) is 0 Å². The zero-order valence-corrected chi connectivity index (χ0v) is 8.27. The van der Waals surface area contributed by atoms with E-state index in [0.717, 1.165) is 0 Å². The monoisotopic (exact) mass is 188 g/mol. The van der Waals surface area contributed by atoms with E-state index in [0.29, 0.717) is 5.25 Å². The van der Waals surface area contributed by atoms with Crippen LogP contribution in [0.4, 0.5) is 0 Å². The molecule has 1 aliphatic carbocycles. The summed E-state index contributed by atoms with van der Waals surface area (Å²) >= 11 is 1.63. The first kappa shape index (κ1) is 9.90. The molecule has 1 atom stereocenters. The Morgan fingerprint density at radius 3 is 2.50 bits per heavy atom. The van der Waals surface area contributed by atoms with Gasteiger partial charge in [0, 0.05) is 5.25 Å². The maximum atomic E-state index is 10.6. The quantitative estimate of drug-likeness (QED) is 0.739. The summed E-state index contributed by atoms with van der Waals surface area (Å²) in [6, 6.07) is 0. The number of carbonyl (C=O) groups is 1. The van der Waals surface area contributed by atoms with Crippen LogP contribution in [0.5, 0.6) is 0 Å². The summed E-state index contributed by atoms with van der Waals surface area (Å²) in [5.41, 5.74) is 0. The second-order valence-corrected chi connectivity index (χ2v) is 5.02. The molecule has 1 fully saturated rings. The molecule has 0 spiro atoms. The topological polar surface area (TPSA) is 37.3 Å². The minimum absolute atomic E-state index is 0.229. The molecule has 70 valence electrons. The average molecular weight is 188 g/mol. The van der Waals surface area contributed by atoms with Crippen molar-refractivity contribution >= 4 is 17.7 Å². The number of rotatable bonds is 3. The highest BCUT2D eigenvalue weighted by Crippen LogP contribution is 2.30. The standard InChI is InChI=1S/C9H16O2S/c1-7(9(10)11)12-8-5-3-2-4-6-8/h7-8H,2-6H2,1H3,(H,10,11). The lowest BCUT2D eigenvalue weighted by Gasteiger charge is -2.22. The Morgan fingerprint density at radius 1 is 1.42 bits per heavy atom. The SMILES string of the molecule is CC(SC1CCCCC1)C(=O)O. The van der Waals surface area contributed by atoms with Crippen LogP contribution in [-0.2, 0) is 4.79 Å². The number of carboxylic acids is 1. The van der Waals surface area contributed by atoms with E-state index >= 15 is 0 Å². The van der Waals surface area contributed by atoms with Crippen LogP contribution < -0.4 is 0 Å². The Bertz CT molecular complexity index is 153. The molecule has 1 aliphatic rings. The van der Waals surface area contributed by atoms with Gasteiger partial charge in [-0.25, -0.2) is 0 Å². The van der Waals surface area contributed by atoms with Crippen LogP contribution in [0.3, 0.4) is 0 Å². The number of hydrogen-bond donors (Lipinski definition) is 1. The Balaban J connectivity index is 2.24. The molecule has 12 heavy (non-hydrogen) atoms. The van der Waals surface area contributed by atoms with Crippen molar-refractivity contribution in [2.75, 3.05) is 0 Å². The van der Waals surface area contributed by atoms with Crippen LogP contribution in [-0.4, -0.2) is 21.6 Å². The van der Waals surface area contributed by atoms with Crippen molar-refractivity contribution in [2.45, 2.75) is 49.5 Å². The Morgan fingerprint density at radius 2 is 2.00 bits per heavy atom. The van der Waals surface area contributed by atoms with E-state index in [-0.39, 0.29) is 5.25 Å². The van der Waals surface area contributed by atoms with Crippen molar-refractivity contribution in [3.05, 3.63) is 0 Å². The second kappa shape index (κ2) is 4.75. The largest absolute Gasteiger partial charge is 0.480 e. The summed E-state index contributed by atoms with van der Waals surface area (Å²) in [6.45, 7) is 1.78.